The van der Waals surface area contributed by atoms with Crippen LogP contribution in [0.1, 0.15) is 58.1 Å². The molecule has 242 valence electrons. The fourth-order valence-electron chi connectivity index (χ4n) is 5.63. The van der Waals surface area contributed by atoms with Gasteiger partial charge in [0.15, 0.2) is 0 Å². The fourth-order valence-corrected chi connectivity index (χ4v) is 6.03. The molecule has 0 spiro atoms. The van der Waals surface area contributed by atoms with Crippen LogP contribution in [0.4, 0.5) is 22.2 Å². The van der Waals surface area contributed by atoms with E-state index >= 15 is 0 Å². The van der Waals surface area contributed by atoms with Gasteiger partial charge in [0, 0.05) is 47.6 Å². The molecule has 0 saturated carbocycles. The molecular formula is C35H40Cl2N6O3. The minimum atomic E-state index is -1.22. The minimum absolute atomic E-state index is 0.0681. The van der Waals surface area contributed by atoms with E-state index in [1.807, 2.05) is 32.9 Å². The molecule has 0 aliphatic carbocycles. The molecule has 0 aliphatic heterocycles. The zero-order chi connectivity index (χ0) is 33.5. The van der Waals surface area contributed by atoms with Crippen LogP contribution in [0.5, 0.6) is 0 Å². The van der Waals surface area contributed by atoms with Gasteiger partial charge in [0.25, 0.3) is 5.91 Å². The predicted octanol–water partition coefficient (Wildman–Crippen LogP) is 8.14. The van der Waals surface area contributed by atoms with E-state index in [1.54, 1.807) is 60.5 Å². The first kappa shape index (κ1) is 34.7. The van der Waals surface area contributed by atoms with Crippen molar-refractivity contribution in [3.63, 3.8) is 0 Å². The number of hydrogen-bond acceptors (Lipinski definition) is 6. The summed E-state index contributed by atoms with van der Waals surface area (Å²) in [6, 6.07) is 16.8. The molecule has 3 aromatic carbocycles. The van der Waals surface area contributed by atoms with Crippen LogP contribution in [0.2, 0.25) is 10.0 Å². The highest BCUT2D eigenvalue weighted by molar-refractivity contribution is 6.33. The topological polar surface area (TPSA) is 102 Å². The predicted molar refractivity (Wildman–Crippen MR) is 186 cm³/mol. The van der Waals surface area contributed by atoms with Gasteiger partial charge in [0.05, 0.1) is 6.04 Å². The first-order chi connectivity index (χ1) is 21.9. The number of hydrogen-bond donors (Lipinski definition) is 2. The number of likely N-dealkylation sites (N-methyl/N-ethyl adjacent to an activating group) is 2. The highest BCUT2D eigenvalue weighted by Gasteiger charge is 2.33. The van der Waals surface area contributed by atoms with E-state index in [1.165, 1.54) is 11.1 Å². The molecule has 46 heavy (non-hydrogen) atoms. The number of amides is 2. The smallest absolute Gasteiger partial charge is 0.413 e. The number of nitrogens with one attached hydrogen (secondary N) is 1. The molecule has 2 N–H and O–H groups in total. The zero-order valence-corrected chi connectivity index (χ0v) is 28.5. The van der Waals surface area contributed by atoms with E-state index in [4.69, 9.17) is 23.2 Å². The average molecular weight is 664 g/mol. The molecule has 1 aromatic heterocycles. The van der Waals surface area contributed by atoms with Gasteiger partial charge in [-0.15, -0.1) is 0 Å². The van der Waals surface area contributed by atoms with Crippen molar-refractivity contribution in [2.45, 2.75) is 40.7 Å². The molecule has 9 nitrogen and oxygen atoms in total. The average Bonchev–Trinajstić information content (AvgIpc) is 3.01. The normalized spacial score (nSPS) is 11.8. The lowest BCUT2D eigenvalue weighted by Crippen LogP contribution is -2.36. The van der Waals surface area contributed by atoms with Crippen LogP contribution in [0, 0.1) is 20.8 Å². The van der Waals surface area contributed by atoms with Gasteiger partial charge in [-0.2, -0.15) is 4.98 Å². The summed E-state index contributed by atoms with van der Waals surface area (Å²) in [7, 11) is 1.80. The molecule has 1 heterocycles. The Morgan fingerprint density at radius 3 is 2.17 bits per heavy atom. The lowest BCUT2D eigenvalue weighted by Gasteiger charge is -2.32. The van der Waals surface area contributed by atoms with E-state index in [2.05, 4.69) is 34.0 Å². The zero-order valence-electron chi connectivity index (χ0n) is 27.0. The van der Waals surface area contributed by atoms with Crippen LogP contribution in [0.3, 0.4) is 0 Å². The molecule has 0 radical (unpaired) electrons. The highest BCUT2D eigenvalue weighted by atomic mass is 35.5. The number of carboxylic acid groups (broad SMARTS) is 1. The minimum Gasteiger partial charge on any atom is -0.465 e. The van der Waals surface area contributed by atoms with E-state index in [9.17, 15) is 14.7 Å². The summed E-state index contributed by atoms with van der Waals surface area (Å²) in [4.78, 5) is 40.1. The maximum Gasteiger partial charge on any atom is 0.413 e. The van der Waals surface area contributed by atoms with Crippen molar-refractivity contribution in [2.75, 3.05) is 43.4 Å². The monoisotopic (exact) mass is 662 g/mol. The molecule has 11 heteroatoms. The van der Waals surface area contributed by atoms with Crippen LogP contribution in [0.25, 0.3) is 0 Å². The third-order valence-corrected chi connectivity index (χ3v) is 8.58. The Balaban J connectivity index is 1.65. The quantitative estimate of drug-likeness (QED) is 0.158. The number of carbonyl (C=O) groups is 2. The summed E-state index contributed by atoms with van der Waals surface area (Å²) >= 11 is 13.1. The first-order valence-corrected chi connectivity index (χ1v) is 15.9. The van der Waals surface area contributed by atoms with Crippen molar-refractivity contribution in [3.8, 4) is 0 Å². The number of carbonyl (C=O) groups excluding carboxylic acids is 1. The molecule has 1 atom stereocenters. The van der Waals surface area contributed by atoms with Crippen molar-refractivity contribution < 1.29 is 14.7 Å². The van der Waals surface area contributed by atoms with Crippen molar-refractivity contribution in [2.24, 2.45) is 0 Å². The van der Waals surface area contributed by atoms with Gasteiger partial charge in [-0.05, 0) is 105 Å². The summed E-state index contributed by atoms with van der Waals surface area (Å²) in [6.45, 7) is 13.4. The Morgan fingerprint density at radius 2 is 1.57 bits per heavy atom. The largest absolute Gasteiger partial charge is 0.465 e. The molecule has 0 fully saturated rings. The second kappa shape index (κ2) is 15.4. The van der Waals surface area contributed by atoms with Gasteiger partial charge in [-0.3, -0.25) is 4.79 Å². The lowest BCUT2D eigenvalue weighted by molar-refractivity contribution is 0.0779. The maximum atomic E-state index is 13.0. The second-order valence-electron chi connectivity index (χ2n) is 11.2. The molecular weight excluding hydrogens is 623 g/mol. The number of rotatable bonds is 12. The van der Waals surface area contributed by atoms with Gasteiger partial charge >= 0.3 is 6.09 Å². The van der Waals surface area contributed by atoms with E-state index < -0.39 is 12.1 Å². The number of nitrogens with zero attached hydrogens (tertiary/aromatic N) is 5. The van der Waals surface area contributed by atoms with Crippen LogP contribution in [-0.2, 0) is 0 Å². The van der Waals surface area contributed by atoms with Crippen LogP contribution in [0.15, 0.2) is 66.9 Å². The fraction of sp³-hybridized carbons (Fsp3) is 0.314. The Morgan fingerprint density at radius 1 is 0.913 bits per heavy atom. The van der Waals surface area contributed by atoms with E-state index in [0.717, 1.165) is 41.9 Å². The molecule has 2 amide bonds. The van der Waals surface area contributed by atoms with Gasteiger partial charge < -0.3 is 20.2 Å². The maximum absolute atomic E-state index is 13.0. The van der Waals surface area contributed by atoms with Gasteiger partial charge in [-0.1, -0.05) is 54.7 Å². The van der Waals surface area contributed by atoms with Crippen LogP contribution < -0.4 is 10.2 Å². The van der Waals surface area contributed by atoms with Gasteiger partial charge in [0.1, 0.15) is 5.82 Å². The highest BCUT2D eigenvalue weighted by Crippen LogP contribution is 2.40. The molecule has 0 aliphatic rings. The molecule has 0 bridgehead atoms. The van der Waals surface area contributed by atoms with Gasteiger partial charge in [-0.25, -0.2) is 14.7 Å². The van der Waals surface area contributed by atoms with Gasteiger partial charge in [0.2, 0.25) is 5.95 Å². The first-order valence-electron chi connectivity index (χ1n) is 15.2. The molecule has 4 aromatic rings. The Hall–Kier alpha value is -4.18. The SMILES string of the molecule is CCN(CC)CCN(C)C(=O)c1ccc(Nc2nccc(N(C(=O)O)C(c3cc(Cl)ccc3Cl)c3c(C)cc(C)cc3C)n2)cc1. The van der Waals surface area contributed by atoms with Crippen molar-refractivity contribution in [1.82, 2.24) is 19.8 Å². The van der Waals surface area contributed by atoms with Crippen molar-refractivity contribution >= 4 is 52.7 Å². The Kier molecular flexibility index (Phi) is 11.6. The summed E-state index contributed by atoms with van der Waals surface area (Å²) in [5.74, 6) is 0.265. The van der Waals surface area contributed by atoms with Crippen molar-refractivity contribution in [1.29, 1.82) is 0 Å². The second-order valence-corrected chi connectivity index (χ2v) is 12.1. The van der Waals surface area contributed by atoms with E-state index in [-0.39, 0.29) is 17.7 Å². The summed E-state index contributed by atoms with van der Waals surface area (Å²) in [5, 5.41) is 14.6. The number of halogens is 2. The van der Waals surface area contributed by atoms with E-state index in [0.29, 0.717) is 33.4 Å². The Labute approximate surface area is 280 Å². The summed E-state index contributed by atoms with van der Waals surface area (Å²) in [6.07, 6.45) is 0.271. The number of anilines is 3. The van der Waals surface area contributed by atoms with Crippen molar-refractivity contribution in [3.05, 3.63) is 110 Å². The standard InChI is InChI=1S/C35H40Cl2N6O3/c1-7-42(8-2)18-17-41(6)33(44)25-9-12-27(13-10-25)39-34-38-16-15-30(40-34)43(35(45)46)32(28-21-26(36)11-14-29(28)37)31-23(4)19-22(3)20-24(31)5/h9-16,19-21,32H,7-8,17-18H2,1-6H3,(H,45,46)(H,38,39,40). The van der Waals surface area contributed by atoms with Crippen LogP contribution in [-0.4, -0.2) is 70.1 Å². The third kappa shape index (κ3) is 8.15. The Bertz CT molecular complexity index is 1670. The summed E-state index contributed by atoms with van der Waals surface area (Å²) < 4.78 is 0. The van der Waals surface area contributed by atoms with Crippen LogP contribution >= 0.6 is 23.2 Å². The third-order valence-electron chi connectivity index (χ3n) is 8.00. The number of aryl methyl sites for hydroxylation is 3. The lowest BCUT2D eigenvalue weighted by atomic mass is 9.89. The molecule has 4 rings (SSSR count). The number of benzene rings is 3. The molecule has 1 unspecified atom stereocenters. The number of aromatic nitrogens is 2. The molecule has 0 saturated heterocycles. The summed E-state index contributed by atoms with van der Waals surface area (Å²) in [5.41, 5.74) is 5.39.